The van der Waals surface area contributed by atoms with Crippen molar-refractivity contribution in [3.8, 4) is 0 Å². The van der Waals surface area contributed by atoms with Crippen molar-refractivity contribution in [2.45, 2.75) is 32.4 Å². The van der Waals surface area contributed by atoms with Crippen LogP contribution >= 0.6 is 11.6 Å². The second-order valence-corrected chi connectivity index (χ2v) is 4.68. The molecule has 0 spiro atoms. The predicted octanol–water partition coefficient (Wildman–Crippen LogP) is 2.04. The third kappa shape index (κ3) is 4.28. The van der Waals surface area contributed by atoms with Gasteiger partial charge in [0.15, 0.2) is 0 Å². The van der Waals surface area contributed by atoms with Gasteiger partial charge in [-0.25, -0.2) is 0 Å². The molecule has 0 aliphatic heterocycles. The number of rotatable bonds is 6. The Hall–Kier alpha value is -0.610. The van der Waals surface area contributed by atoms with E-state index in [4.69, 9.17) is 16.7 Å². The van der Waals surface area contributed by atoms with E-state index in [1.54, 1.807) is 6.07 Å². The van der Waals surface area contributed by atoms with Crippen LogP contribution in [-0.4, -0.2) is 29.4 Å². The highest BCUT2D eigenvalue weighted by atomic mass is 35.5. The molecule has 0 bridgehead atoms. The van der Waals surface area contributed by atoms with Crippen molar-refractivity contribution in [2.24, 2.45) is 0 Å². The standard InChI is InChI=1S/C13H20ClNO2/c1-9-8-11(4-5-12(9)14)13(17)10(2)15-6-3-7-16/h4-5,8,10,13,15-17H,3,6-7H2,1-2H3. The Balaban J connectivity index is 2.61. The molecule has 0 heterocycles. The van der Waals surface area contributed by atoms with Crippen LogP contribution in [0.1, 0.15) is 30.6 Å². The number of aliphatic hydroxyl groups is 2. The lowest BCUT2D eigenvalue weighted by molar-refractivity contribution is 0.134. The molecule has 0 fully saturated rings. The summed E-state index contributed by atoms with van der Waals surface area (Å²) in [6.07, 6.45) is 0.126. The van der Waals surface area contributed by atoms with E-state index in [0.29, 0.717) is 18.0 Å². The van der Waals surface area contributed by atoms with E-state index in [1.165, 1.54) is 0 Å². The van der Waals surface area contributed by atoms with Crippen LogP contribution in [0.3, 0.4) is 0 Å². The molecule has 2 atom stereocenters. The second-order valence-electron chi connectivity index (χ2n) is 4.27. The van der Waals surface area contributed by atoms with Gasteiger partial charge < -0.3 is 15.5 Å². The number of aliphatic hydroxyl groups excluding tert-OH is 2. The van der Waals surface area contributed by atoms with Crippen molar-refractivity contribution in [1.82, 2.24) is 5.32 Å². The molecule has 0 aliphatic rings. The van der Waals surface area contributed by atoms with Crippen molar-refractivity contribution in [3.05, 3.63) is 34.3 Å². The Morgan fingerprint density at radius 1 is 1.41 bits per heavy atom. The van der Waals surface area contributed by atoms with Gasteiger partial charge in [-0.2, -0.15) is 0 Å². The summed E-state index contributed by atoms with van der Waals surface area (Å²) < 4.78 is 0. The highest BCUT2D eigenvalue weighted by Gasteiger charge is 2.16. The Bertz CT molecular complexity index is 357. The molecule has 0 aromatic heterocycles. The molecule has 4 heteroatoms. The van der Waals surface area contributed by atoms with Crippen LogP contribution in [-0.2, 0) is 0 Å². The zero-order valence-electron chi connectivity index (χ0n) is 10.3. The molecular weight excluding hydrogens is 238 g/mol. The van der Waals surface area contributed by atoms with E-state index in [-0.39, 0.29) is 12.6 Å². The molecule has 0 saturated carbocycles. The first-order chi connectivity index (χ1) is 8.06. The first-order valence-electron chi connectivity index (χ1n) is 5.84. The summed E-state index contributed by atoms with van der Waals surface area (Å²) in [4.78, 5) is 0. The van der Waals surface area contributed by atoms with Crippen LogP contribution in [0.25, 0.3) is 0 Å². The maximum atomic E-state index is 10.1. The maximum absolute atomic E-state index is 10.1. The maximum Gasteiger partial charge on any atom is 0.0940 e. The quantitative estimate of drug-likeness (QED) is 0.684. The van der Waals surface area contributed by atoms with Crippen LogP contribution in [0, 0.1) is 6.92 Å². The van der Waals surface area contributed by atoms with Crippen molar-refractivity contribution < 1.29 is 10.2 Å². The molecule has 0 saturated heterocycles. The SMILES string of the molecule is Cc1cc(C(O)C(C)NCCCO)ccc1Cl. The van der Waals surface area contributed by atoms with Crippen LogP contribution in [0.15, 0.2) is 18.2 Å². The van der Waals surface area contributed by atoms with Crippen LogP contribution < -0.4 is 5.32 Å². The van der Waals surface area contributed by atoms with Gasteiger partial charge in [-0.05, 0) is 44.0 Å². The van der Waals surface area contributed by atoms with Gasteiger partial charge in [-0.15, -0.1) is 0 Å². The molecule has 1 rings (SSSR count). The van der Waals surface area contributed by atoms with E-state index in [2.05, 4.69) is 5.32 Å². The van der Waals surface area contributed by atoms with Gasteiger partial charge in [0.2, 0.25) is 0 Å². The van der Waals surface area contributed by atoms with Crippen LogP contribution in [0.4, 0.5) is 0 Å². The number of hydrogen-bond donors (Lipinski definition) is 3. The highest BCUT2D eigenvalue weighted by molar-refractivity contribution is 6.31. The zero-order chi connectivity index (χ0) is 12.8. The average molecular weight is 258 g/mol. The smallest absolute Gasteiger partial charge is 0.0940 e. The molecule has 0 aliphatic carbocycles. The first kappa shape index (κ1) is 14.5. The van der Waals surface area contributed by atoms with Gasteiger partial charge in [0.25, 0.3) is 0 Å². The van der Waals surface area contributed by atoms with Gasteiger partial charge in [0, 0.05) is 17.7 Å². The normalized spacial score (nSPS) is 14.6. The second kappa shape index (κ2) is 6.97. The third-order valence-electron chi connectivity index (χ3n) is 2.80. The number of hydrogen-bond acceptors (Lipinski definition) is 3. The summed E-state index contributed by atoms with van der Waals surface area (Å²) in [7, 11) is 0. The minimum atomic E-state index is -0.565. The average Bonchev–Trinajstić information content (AvgIpc) is 2.32. The summed E-state index contributed by atoms with van der Waals surface area (Å²) in [6.45, 7) is 4.70. The lowest BCUT2D eigenvalue weighted by atomic mass is 10.0. The van der Waals surface area contributed by atoms with E-state index in [9.17, 15) is 5.11 Å². The predicted molar refractivity (Wildman–Crippen MR) is 70.3 cm³/mol. The molecule has 0 amide bonds. The summed E-state index contributed by atoms with van der Waals surface area (Å²) in [5.74, 6) is 0. The van der Waals surface area contributed by atoms with Crippen LogP contribution in [0.5, 0.6) is 0 Å². The fraction of sp³-hybridized carbons (Fsp3) is 0.538. The minimum Gasteiger partial charge on any atom is -0.396 e. The molecule has 3 nitrogen and oxygen atoms in total. The van der Waals surface area contributed by atoms with Gasteiger partial charge >= 0.3 is 0 Å². The summed E-state index contributed by atoms with van der Waals surface area (Å²) in [5.41, 5.74) is 1.82. The number of benzene rings is 1. The van der Waals surface area contributed by atoms with E-state index < -0.39 is 6.10 Å². The minimum absolute atomic E-state index is 0.0536. The molecule has 1 aromatic carbocycles. The fourth-order valence-corrected chi connectivity index (χ4v) is 1.78. The molecule has 1 aromatic rings. The van der Waals surface area contributed by atoms with Gasteiger partial charge in [0.1, 0.15) is 0 Å². The van der Waals surface area contributed by atoms with E-state index in [1.807, 2.05) is 26.0 Å². The lowest BCUT2D eigenvalue weighted by Gasteiger charge is -2.21. The summed E-state index contributed by atoms with van der Waals surface area (Å²) in [6, 6.07) is 5.49. The summed E-state index contributed by atoms with van der Waals surface area (Å²) in [5, 5.41) is 22.7. The highest BCUT2D eigenvalue weighted by Crippen LogP contribution is 2.22. The van der Waals surface area contributed by atoms with Crippen molar-refractivity contribution in [3.63, 3.8) is 0 Å². The number of nitrogens with one attached hydrogen (secondary N) is 1. The molecule has 96 valence electrons. The van der Waals surface area contributed by atoms with Crippen molar-refractivity contribution in [2.75, 3.05) is 13.2 Å². The van der Waals surface area contributed by atoms with Crippen LogP contribution in [0.2, 0.25) is 5.02 Å². The van der Waals surface area contributed by atoms with Crippen molar-refractivity contribution >= 4 is 11.6 Å². The Morgan fingerprint density at radius 2 is 2.12 bits per heavy atom. The lowest BCUT2D eigenvalue weighted by Crippen LogP contribution is -2.33. The van der Waals surface area contributed by atoms with Gasteiger partial charge in [-0.1, -0.05) is 23.7 Å². The molecule has 2 unspecified atom stereocenters. The van der Waals surface area contributed by atoms with Gasteiger partial charge in [0.05, 0.1) is 6.10 Å². The number of aryl methyl sites for hydroxylation is 1. The number of halogens is 1. The molecular formula is C13H20ClNO2. The van der Waals surface area contributed by atoms with Crippen molar-refractivity contribution in [1.29, 1.82) is 0 Å². The molecule has 0 radical (unpaired) electrons. The largest absolute Gasteiger partial charge is 0.396 e. The van der Waals surface area contributed by atoms with E-state index in [0.717, 1.165) is 11.1 Å². The Morgan fingerprint density at radius 3 is 2.71 bits per heavy atom. The monoisotopic (exact) mass is 257 g/mol. The Labute approximate surface area is 107 Å². The first-order valence-corrected chi connectivity index (χ1v) is 6.22. The van der Waals surface area contributed by atoms with E-state index >= 15 is 0 Å². The molecule has 17 heavy (non-hydrogen) atoms. The topological polar surface area (TPSA) is 52.5 Å². The fourth-order valence-electron chi connectivity index (χ4n) is 1.66. The zero-order valence-corrected chi connectivity index (χ0v) is 11.0. The van der Waals surface area contributed by atoms with Gasteiger partial charge in [-0.3, -0.25) is 0 Å². The third-order valence-corrected chi connectivity index (χ3v) is 3.22. The Kier molecular flexibility index (Phi) is 5.92. The summed E-state index contributed by atoms with van der Waals surface area (Å²) >= 11 is 5.94. The molecule has 3 N–H and O–H groups in total.